The largest absolute Gasteiger partial charge is 0.490 e. The van der Waals surface area contributed by atoms with Gasteiger partial charge < -0.3 is 18.8 Å². The van der Waals surface area contributed by atoms with Crippen LogP contribution in [-0.2, 0) is 11.3 Å². The van der Waals surface area contributed by atoms with E-state index in [-0.39, 0.29) is 23.3 Å². The fourth-order valence-corrected chi connectivity index (χ4v) is 4.15. The lowest BCUT2D eigenvalue weighted by Crippen LogP contribution is -2.41. The normalized spacial score (nSPS) is 14.3. The van der Waals surface area contributed by atoms with Crippen LogP contribution >= 0.6 is 0 Å². The number of hydrogen-bond donors (Lipinski definition) is 0. The summed E-state index contributed by atoms with van der Waals surface area (Å²) in [4.78, 5) is 37.0. The highest BCUT2D eigenvalue weighted by Crippen LogP contribution is 2.29. The average molecular weight is 469 g/mol. The summed E-state index contributed by atoms with van der Waals surface area (Å²) in [7, 11) is 0. The molecule has 4 rings (SSSR count). The number of benzene rings is 2. The zero-order valence-electron chi connectivity index (χ0n) is 19.0. The molecule has 2 heterocycles. The number of fused-ring (bicyclic) bond motifs is 1. The smallest absolute Gasteiger partial charge is 0.419 e. The first kappa shape index (κ1) is 23.3. The summed E-state index contributed by atoms with van der Waals surface area (Å²) in [6, 6.07) is 11.6. The second-order valence-corrected chi connectivity index (χ2v) is 8.11. The number of rotatable bonds is 9. The van der Waals surface area contributed by atoms with Gasteiger partial charge in [0.1, 0.15) is 6.10 Å². The first-order valence-electron chi connectivity index (χ1n) is 11.4. The van der Waals surface area contributed by atoms with Crippen molar-refractivity contribution in [3.05, 3.63) is 63.1 Å². The highest BCUT2D eigenvalue weighted by atomic mass is 16.6. The molecule has 1 amide bonds. The number of para-hydroxylation sites is 2. The number of nitro groups is 1. The molecular formula is C24H27N3O7. The molecule has 3 aromatic rings. The Morgan fingerprint density at radius 3 is 2.62 bits per heavy atom. The van der Waals surface area contributed by atoms with Gasteiger partial charge in [-0.3, -0.25) is 19.5 Å². The van der Waals surface area contributed by atoms with Crippen molar-refractivity contribution in [3.63, 3.8) is 0 Å². The van der Waals surface area contributed by atoms with E-state index in [9.17, 15) is 19.7 Å². The van der Waals surface area contributed by atoms with Gasteiger partial charge in [0.2, 0.25) is 5.91 Å². The minimum atomic E-state index is -0.590. The molecule has 180 valence electrons. The summed E-state index contributed by atoms with van der Waals surface area (Å²) < 4.78 is 18.3. The Hall–Kier alpha value is -3.82. The van der Waals surface area contributed by atoms with Crippen LogP contribution in [0.5, 0.6) is 11.5 Å². The molecule has 0 atom stereocenters. The van der Waals surface area contributed by atoms with Gasteiger partial charge in [-0.05, 0) is 31.5 Å². The number of hydrogen-bond acceptors (Lipinski definition) is 7. The summed E-state index contributed by atoms with van der Waals surface area (Å²) in [5, 5.41) is 10.9. The maximum Gasteiger partial charge on any atom is 0.419 e. The number of carbonyl (C=O) groups is 1. The number of carbonyl (C=O) groups excluding carboxylic acids is 1. The minimum Gasteiger partial charge on any atom is -0.490 e. The summed E-state index contributed by atoms with van der Waals surface area (Å²) >= 11 is 0. The van der Waals surface area contributed by atoms with Crippen LogP contribution in [0.25, 0.3) is 11.1 Å². The molecule has 0 unspecified atom stereocenters. The number of piperidine rings is 1. The van der Waals surface area contributed by atoms with Crippen LogP contribution in [0, 0.1) is 10.1 Å². The number of aromatic nitrogens is 1. The summed E-state index contributed by atoms with van der Waals surface area (Å²) in [6.45, 7) is 4.01. The molecule has 0 saturated carbocycles. The molecule has 1 aliphatic heterocycles. The van der Waals surface area contributed by atoms with Crippen molar-refractivity contribution >= 4 is 22.7 Å². The van der Waals surface area contributed by atoms with Crippen molar-refractivity contribution in [1.29, 1.82) is 0 Å². The van der Waals surface area contributed by atoms with Gasteiger partial charge in [-0.25, -0.2) is 4.79 Å². The van der Waals surface area contributed by atoms with E-state index in [1.165, 1.54) is 22.8 Å². The molecule has 10 heteroatoms. The third kappa shape index (κ3) is 5.22. The number of oxazole rings is 1. The third-order valence-electron chi connectivity index (χ3n) is 5.87. The lowest BCUT2D eigenvalue weighted by molar-refractivity contribution is -0.384. The van der Waals surface area contributed by atoms with E-state index in [4.69, 9.17) is 13.9 Å². The highest BCUT2D eigenvalue weighted by molar-refractivity contribution is 5.77. The predicted octanol–water partition coefficient (Wildman–Crippen LogP) is 3.75. The quantitative estimate of drug-likeness (QED) is 0.346. The maximum absolute atomic E-state index is 12.7. The van der Waals surface area contributed by atoms with Crippen LogP contribution in [0.3, 0.4) is 0 Å². The Morgan fingerprint density at radius 1 is 1.18 bits per heavy atom. The van der Waals surface area contributed by atoms with E-state index in [2.05, 4.69) is 0 Å². The van der Waals surface area contributed by atoms with Crippen LogP contribution in [0.2, 0.25) is 0 Å². The van der Waals surface area contributed by atoms with E-state index in [1.54, 1.807) is 0 Å². The first-order valence-corrected chi connectivity index (χ1v) is 11.4. The Balaban J connectivity index is 1.27. The number of nitro benzene ring substituents is 1. The lowest BCUT2D eigenvalue weighted by Gasteiger charge is -2.32. The zero-order valence-corrected chi connectivity index (χ0v) is 19.0. The minimum absolute atomic E-state index is 0.0191. The number of aryl methyl sites for hydroxylation is 1. The van der Waals surface area contributed by atoms with E-state index in [0.29, 0.717) is 44.6 Å². The number of likely N-dealkylation sites (tertiary alicyclic amines) is 1. The van der Waals surface area contributed by atoms with Gasteiger partial charge in [-0.15, -0.1) is 0 Å². The monoisotopic (exact) mass is 469 g/mol. The second kappa shape index (κ2) is 10.4. The SMILES string of the molecule is CCOc1ccccc1OC1CCN(C(=O)CCCn2c(=O)oc3cc([N+](=O)[O-])ccc32)CC1. The average Bonchev–Trinajstić information content (AvgIpc) is 3.15. The molecule has 0 bridgehead atoms. The van der Waals surface area contributed by atoms with Gasteiger partial charge in [0.25, 0.3) is 5.69 Å². The van der Waals surface area contributed by atoms with Gasteiger partial charge in [-0.2, -0.15) is 0 Å². The summed E-state index contributed by atoms with van der Waals surface area (Å²) in [5.41, 5.74) is 0.504. The maximum atomic E-state index is 12.7. The van der Waals surface area contributed by atoms with E-state index in [1.807, 2.05) is 36.1 Å². The number of amides is 1. The van der Waals surface area contributed by atoms with Gasteiger partial charge in [0.15, 0.2) is 17.1 Å². The standard InChI is InChI=1S/C24H27N3O7/c1-2-32-20-6-3-4-7-21(20)33-18-11-14-25(15-12-18)23(28)8-5-13-26-19-10-9-17(27(30)31)16-22(19)34-24(26)29/h3-4,6-7,9-10,16,18H,2,5,8,11-15H2,1H3. The third-order valence-corrected chi connectivity index (χ3v) is 5.87. The van der Waals surface area contributed by atoms with E-state index < -0.39 is 10.7 Å². The van der Waals surface area contributed by atoms with Crippen molar-refractivity contribution in [2.75, 3.05) is 19.7 Å². The lowest BCUT2D eigenvalue weighted by atomic mass is 10.1. The molecule has 0 N–H and O–H groups in total. The predicted molar refractivity (Wildman–Crippen MR) is 124 cm³/mol. The van der Waals surface area contributed by atoms with Gasteiger partial charge in [-0.1, -0.05) is 12.1 Å². The second-order valence-electron chi connectivity index (χ2n) is 8.11. The Morgan fingerprint density at radius 2 is 1.91 bits per heavy atom. The summed E-state index contributed by atoms with van der Waals surface area (Å²) in [5.74, 6) is 0.885. The van der Waals surface area contributed by atoms with Crippen molar-refractivity contribution in [2.24, 2.45) is 0 Å². The van der Waals surface area contributed by atoms with Crippen LogP contribution in [0.15, 0.2) is 51.7 Å². The molecule has 2 aromatic carbocycles. The molecule has 34 heavy (non-hydrogen) atoms. The molecule has 1 saturated heterocycles. The summed E-state index contributed by atoms with van der Waals surface area (Å²) in [6.07, 6.45) is 2.24. The number of nitrogens with zero attached hydrogens (tertiary/aromatic N) is 3. The Labute approximate surface area is 195 Å². The molecule has 1 aromatic heterocycles. The van der Waals surface area contributed by atoms with Gasteiger partial charge >= 0.3 is 5.76 Å². The molecule has 0 aliphatic carbocycles. The van der Waals surface area contributed by atoms with Gasteiger partial charge in [0.05, 0.1) is 23.1 Å². The van der Waals surface area contributed by atoms with Crippen molar-refractivity contribution in [3.8, 4) is 11.5 Å². The van der Waals surface area contributed by atoms with E-state index in [0.717, 1.165) is 24.3 Å². The Bertz CT molecular complexity index is 1220. The van der Waals surface area contributed by atoms with E-state index >= 15 is 0 Å². The number of ether oxygens (including phenoxy) is 2. The highest BCUT2D eigenvalue weighted by Gasteiger charge is 2.24. The van der Waals surface area contributed by atoms with Crippen molar-refractivity contribution in [1.82, 2.24) is 9.47 Å². The molecular weight excluding hydrogens is 442 g/mol. The van der Waals surface area contributed by atoms with Crippen LogP contribution < -0.4 is 15.2 Å². The van der Waals surface area contributed by atoms with Crippen molar-refractivity contribution < 1.29 is 23.6 Å². The molecule has 1 fully saturated rings. The Kier molecular flexibility index (Phi) is 7.15. The molecule has 0 radical (unpaired) electrons. The zero-order chi connectivity index (χ0) is 24.1. The van der Waals surface area contributed by atoms with Gasteiger partial charge in [0, 0.05) is 45.0 Å². The van der Waals surface area contributed by atoms with Crippen molar-refractivity contribution in [2.45, 2.75) is 45.3 Å². The van der Waals surface area contributed by atoms with Crippen LogP contribution in [0.1, 0.15) is 32.6 Å². The fraction of sp³-hybridized carbons (Fsp3) is 0.417. The molecule has 0 spiro atoms. The topological polar surface area (TPSA) is 117 Å². The van der Waals surface area contributed by atoms with Crippen LogP contribution in [-0.4, -0.2) is 46.1 Å². The molecule has 10 nitrogen and oxygen atoms in total. The van der Waals surface area contributed by atoms with Crippen LogP contribution in [0.4, 0.5) is 5.69 Å². The number of non-ortho nitro benzene ring substituents is 1. The first-order chi connectivity index (χ1) is 16.5. The molecule has 1 aliphatic rings. The fourth-order valence-electron chi connectivity index (χ4n) is 4.15.